The van der Waals surface area contributed by atoms with Crippen LogP contribution in [0.25, 0.3) is 0 Å². The maximum absolute atomic E-state index is 5.33. The summed E-state index contributed by atoms with van der Waals surface area (Å²) in [6, 6.07) is 7.86. The number of aromatic nitrogens is 1. The van der Waals surface area contributed by atoms with Crippen LogP contribution in [0.15, 0.2) is 45.6 Å². The number of hydrogen-bond donors (Lipinski definition) is 0. The molecule has 0 aliphatic rings. The SMILES string of the molecule is CCN(Cc1ccco1)c1ccc(Br)cn1. The normalized spacial score (nSPS) is 10.4. The highest BCUT2D eigenvalue weighted by Gasteiger charge is 2.07. The van der Waals surface area contributed by atoms with Crippen LogP contribution >= 0.6 is 15.9 Å². The molecule has 2 aromatic rings. The summed E-state index contributed by atoms with van der Waals surface area (Å²) in [5.41, 5.74) is 0. The van der Waals surface area contributed by atoms with E-state index in [4.69, 9.17) is 4.42 Å². The zero-order valence-corrected chi connectivity index (χ0v) is 10.6. The molecule has 0 unspecified atom stereocenters. The molecule has 0 amide bonds. The van der Waals surface area contributed by atoms with Crippen LogP contribution in [-0.2, 0) is 6.54 Å². The van der Waals surface area contributed by atoms with Gasteiger partial charge >= 0.3 is 0 Å². The van der Waals surface area contributed by atoms with E-state index >= 15 is 0 Å². The molecule has 0 bridgehead atoms. The topological polar surface area (TPSA) is 29.3 Å². The molecular weight excluding hydrogens is 268 g/mol. The fourth-order valence-electron chi connectivity index (χ4n) is 1.50. The second kappa shape index (κ2) is 5.16. The predicted molar refractivity (Wildman–Crippen MR) is 67.4 cm³/mol. The molecule has 3 nitrogen and oxygen atoms in total. The van der Waals surface area contributed by atoms with E-state index in [1.165, 1.54) is 0 Å². The monoisotopic (exact) mass is 280 g/mol. The lowest BCUT2D eigenvalue weighted by Gasteiger charge is -2.20. The standard InChI is InChI=1S/C12H13BrN2O/c1-2-15(9-11-4-3-7-16-11)12-6-5-10(13)8-14-12/h3-8H,2,9H2,1H3. The predicted octanol–water partition coefficient (Wildman–Crippen LogP) is 3.46. The zero-order valence-electron chi connectivity index (χ0n) is 9.06. The number of halogens is 1. The van der Waals surface area contributed by atoms with Gasteiger partial charge in [0.05, 0.1) is 12.8 Å². The van der Waals surface area contributed by atoms with E-state index in [2.05, 4.69) is 32.7 Å². The molecule has 16 heavy (non-hydrogen) atoms. The average molecular weight is 281 g/mol. The van der Waals surface area contributed by atoms with Gasteiger partial charge in [0.15, 0.2) is 0 Å². The number of pyridine rings is 1. The van der Waals surface area contributed by atoms with Crippen LogP contribution in [0.4, 0.5) is 5.82 Å². The van der Waals surface area contributed by atoms with Crippen LogP contribution in [0.2, 0.25) is 0 Å². The quantitative estimate of drug-likeness (QED) is 0.859. The summed E-state index contributed by atoms with van der Waals surface area (Å²) in [4.78, 5) is 6.53. The van der Waals surface area contributed by atoms with Gasteiger partial charge in [-0.1, -0.05) is 0 Å². The van der Waals surface area contributed by atoms with Gasteiger partial charge in [-0.25, -0.2) is 4.98 Å². The molecule has 0 radical (unpaired) electrons. The lowest BCUT2D eigenvalue weighted by atomic mass is 10.3. The molecule has 0 atom stereocenters. The second-order valence-electron chi connectivity index (χ2n) is 3.43. The summed E-state index contributed by atoms with van der Waals surface area (Å²) in [7, 11) is 0. The number of rotatable bonds is 4. The third-order valence-corrected chi connectivity index (χ3v) is 2.81. The minimum Gasteiger partial charge on any atom is -0.467 e. The van der Waals surface area contributed by atoms with Crippen LogP contribution in [0.3, 0.4) is 0 Å². The van der Waals surface area contributed by atoms with Gasteiger partial charge in [0, 0.05) is 17.2 Å². The Morgan fingerprint density at radius 2 is 2.25 bits per heavy atom. The van der Waals surface area contributed by atoms with Gasteiger partial charge < -0.3 is 9.32 Å². The molecule has 0 N–H and O–H groups in total. The summed E-state index contributed by atoms with van der Waals surface area (Å²) in [6.45, 7) is 3.75. The summed E-state index contributed by atoms with van der Waals surface area (Å²) in [6.07, 6.45) is 3.50. The first-order chi connectivity index (χ1) is 7.79. The number of nitrogens with zero attached hydrogens (tertiary/aromatic N) is 2. The van der Waals surface area contributed by atoms with Crippen molar-refractivity contribution in [1.29, 1.82) is 0 Å². The Morgan fingerprint density at radius 1 is 1.38 bits per heavy atom. The third kappa shape index (κ3) is 2.64. The molecule has 4 heteroatoms. The molecule has 84 valence electrons. The van der Waals surface area contributed by atoms with Gasteiger partial charge in [-0.2, -0.15) is 0 Å². The first-order valence-corrected chi connectivity index (χ1v) is 5.98. The van der Waals surface area contributed by atoms with E-state index in [0.29, 0.717) is 0 Å². The van der Waals surface area contributed by atoms with E-state index in [1.807, 2.05) is 24.3 Å². The van der Waals surface area contributed by atoms with Crippen molar-refractivity contribution in [3.63, 3.8) is 0 Å². The fourth-order valence-corrected chi connectivity index (χ4v) is 1.74. The van der Waals surface area contributed by atoms with Gasteiger partial charge in [0.2, 0.25) is 0 Å². The molecule has 0 saturated heterocycles. The highest BCUT2D eigenvalue weighted by atomic mass is 79.9. The van der Waals surface area contributed by atoms with E-state index in [1.54, 1.807) is 12.5 Å². The van der Waals surface area contributed by atoms with Crippen LogP contribution in [-0.4, -0.2) is 11.5 Å². The average Bonchev–Trinajstić information content (AvgIpc) is 2.80. The third-order valence-electron chi connectivity index (χ3n) is 2.34. The molecule has 0 aliphatic carbocycles. The Balaban J connectivity index is 2.13. The molecular formula is C12H13BrN2O. The lowest BCUT2D eigenvalue weighted by molar-refractivity contribution is 0.503. The molecule has 2 aromatic heterocycles. The van der Waals surface area contributed by atoms with Crippen LogP contribution in [0, 0.1) is 0 Å². The number of hydrogen-bond acceptors (Lipinski definition) is 3. The van der Waals surface area contributed by atoms with Crippen molar-refractivity contribution in [3.8, 4) is 0 Å². The Bertz CT molecular complexity index is 425. The zero-order chi connectivity index (χ0) is 11.4. The van der Waals surface area contributed by atoms with Crippen molar-refractivity contribution in [2.75, 3.05) is 11.4 Å². The largest absolute Gasteiger partial charge is 0.467 e. The van der Waals surface area contributed by atoms with Gasteiger partial charge in [0.25, 0.3) is 0 Å². The van der Waals surface area contributed by atoms with Crippen LogP contribution < -0.4 is 4.90 Å². The summed E-state index contributed by atoms with van der Waals surface area (Å²) in [5, 5.41) is 0. The van der Waals surface area contributed by atoms with Crippen molar-refractivity contribution in [3.05, 3.63) is 47.0 Å². The van der Waals surface area contributed by atoms with E-state index in [0.717, 1.165) is 29.1 Å². The Morgan fingerprint density at radius 3 is 2.81 bits per heavy atom. The molecule has 0 fully saturated rings. The van der Waals surface area contributed by atoms with Crippen molar-refractivity contribution >= 4 is 21.7 Å². The summed E-state index contributed by atoms with van der Waals surface area (Å²) < 4.78 is 6.32. The highest BCUT2D eigenvalue weighted by molar-refractivity contribution is 9.10. The van der Waals surface area contributed by atoms with Crippen LogP contribution in [0.5, 0.6) is 0 Å². The smallest absolute Gasteiger partial charge is 0.128 e. The Labute approximate surface area is 103 Å². The Kier molecular flexibility index (Phi) is 3.62. The lowest BCUT2D eigenvalue weighted by Crippen LogP contribution is -2.22. The maximum atomic E-state index is 5.33. The molecule has 0 aromatic carbocycles. The summed E-state index contributed by atoms with van der Waals surface area (Å²) in [5.74, 6) is 1.91. The van der Waals surface area contributed by atoms with Crippen molar-refractivity contribution < 1.29 is 4.42 Å². The highest BCUT2D eigenvalue weighted by Crippen LogP contribution is 2.17. The maximum Gasteiger partial charge on any atom is 0.128 e. The van der Waals surface area contributed by atoms with E-state index in [9.17, 15) is 0 Å². The first kappa shape index (κ1) is 11.2. The second-order valence-corrected chi connectivity index (χ2v) is 4.34. The van der Waals surface area contributed by atoms with Crippen molar-refractivity contribution in [2.45, 2.75) is 13.5 Å². The first-order valence-electron chi connectivity index (χ1n) is 5.18. The Hall–Kier alpha value is -1.29. The molecule has 2 heterocycles. The number of anilines is 1. The van der Waals surface area contributed by atoms with E-state index in [-0.39, 0.29) is 0 Å². The minimum absolute atomic E-state index is 0.748. The molecule has 0 saturated carbocycles. The van der Waals surface area contributed by atoms with Gasteiger partial charge in [-0.15, -0.1) is 0 Å². The van der Waals surface area contributed by atoms with E-state index < -0.39 is 0 Å². The molecule has 0 aliphatic heterocycles. The fraction of sp³-hybridized carbons (Fsp3) is 0.250. The van der Waals surface area contributed by atoms with Gasteiger partial charge in [-0.05, 0) is 47.1 Å². The van der Waals surface area contributed by atoms with Gasteiger partial charge in [0.1, 0.15) is 11.6 Å². The van der Waals surface area contributed by atoms with Crippen molar-refractivity contribution in [2.24, 2.45) is 0 Å². The molecule has 0 spiro atoms. The number of furan rings is 1. The summed E-state index contributed by atoms with van der Waals surface area (Å²) >= 11 is 3.38. The van der Waals surface area contributed by atoms with Crippen molar-refractivity contribution in [1.82, 2.24) is 4.98 Å². The minimum atomic E-state index is 0.748. The van der Waals surface area contributed by atoms with Gasteiger partial charge in [-0.3, -0.25) is 0 Å². The van der Waals surface area contributed by atoms with Crippen LogP contribution in [0.1, 0.15) is 12.7 Å². The molecule has 2 rings (SSSR count).